The van der Waals surface area contributed by atoms with Gasteiger partial charge in [0.2, 0.25) is 0 Å². The molecule has 1 saturated heterocycles. The molecule has 0 bridgehead atoms. The number of hydrogen-bond donors (Lipinski definition) is 2. The van der Waals surface area contributed by atoms with Crippen LogP contribution in [0.4, 0.5) is 0 Å². The highest BCUT2D eigenvalue weighted by molar-refractivity contribution is 5.75. The van der Waals surface area contributed by atoms with Gasteiger partial charge in [-0.1, -0.05) is 51.4 Å². The van der Waals surface area contributed by atoms with Gasteiger partial charge in [-0.3, -0.25) is 0 Å². The van der Waals surface area contributed by atoms with Crippen LogP contribution in [0.1, 0.15) is 90.4 Å². The molecule has 4 heteroatoms. The summed E-state index contributed by atoms with van der Waals surface area (Å²) >= 11 is 0. The fourth-order valence-corrected chi connectivity index (χ4v) is 4.33. The number of aliphatic hydroxyl groups is 2. The van der Waals surface area contributed by atoms with Crippen molar-refractivity contribution >= 4 is 5.78 Å². The van der Waals surface area contributed by atoms with Gasteiger partial charge in [-0.05, 0) is 51.6 Å². The van der Waals surface area contributed by atoms with Gasteiger partial charge >= 0.3 is 0 Å². The third-order valence-corrected chi connectivity index (χ3v) is 5.70. The molecule has 1 saturated carbocycles. The SMILES string of the molecule is CC(=O)CCCN1CCCCC1CCCC1CCCCC1.OCCO. The predicted octanol–water partition coefficient (Wildman–Crippen LogP) is 3.93. The number of carbonyl (C=O) groups is 1. The van der Waals surface area contributed by atoms with Crippen molar-refractivity contribution in [1.82, 2.24) is 4.90 Å². The lowest BCUT2D eigenvalue weighted by Gasteiger charge is -2.36. The van der Waals surface area contributed by atoms with Crippen LogP contribution >= 0.6 is 0 Å². The molecule has 2 N–H and O–H groups in total. The summed E-state index contributed by atoms with van der Waals surface area (Å²) in [7, 11) is 0. The molecule has 0 aromatic carbocycles. The van der Waals surface area contributed by atoms with Crippen molar-refractivity contribution in [3.63, 3.8) is 0 Å². The Morgan fingerprint density at radius 1 is 0.920 bits per heavy atom. The maximum atomic E-state index is 11.1. The van der Waals surface area contributed by atoms with Crippen molar-refractivity contribution in [3.05, 3.63) is 0 Å². The Hall–Kier alpha value is -0.450. The van der Waals surface area contributed by atoms with Crippen LogP contribution in [0.25, 0.3) is 0 Å². The molecule has 4 nitrogen and oxygen atoms in total. The molecule has 2 fully saturated rings. The zero-order valence-corrected chi connectivity index (χ0v) is 16.4. The molecular formula is C21H41NO3. The van der Waals surface area contributed by atoms with Crippen LogP contribution in [-0.4, -0.2) is 53.2 Å². The first-order chi connectivity index (χ1) is 12.2. The highest BCUT2D eigenvalue weighted by Crippen LogP contribution is 2.29. The number of nitrogens with zero attached hydrogens (tertiary/aromatic N) is 1. The first-order valence-corrected chi connectivity index (χ1v) is 10.6. The Morgan fingerprint density at radius 2 is 1.60 bits per heavy atom. The molecule has 0 amide bonds. The zero-order valence-electron chi connectivity index (χ0n) is 16.4. The van der Waals surface area contributed by atoms with Crippen molar-refractivity contribution < 1.29 is 15.0 Å². The highest BCUT2D eigenvalue weighted by atomic mass is 16.3. The fraction of sp³-hybridized carbons (Fsp3) is 0.952. The quantitative estimate of drug-likeness (QED) is 0.658. The van der Waals surface area contributed by atoms with E-state index in [1.807, 2.05) is 0 Å². The molecule has 1 aliphatic carbocycles. The highest BCUT2D eigenvalue weighted by Gasteiger charge is 2.22. The molecule has 2 rings (SSSR count). The standard InChI is InChI=1S/C19H35NO.C2H6O2/c1-17(21)9-8-16-20-15-6-5-13-19(20)14-7-12-18-10-3-2-4-11-18;3-1-2-4/h18-19H,2-16H2,1H3;3-4H,1-2H2. The normalized spacial score (nSPS) is 22.3. The van der Waals surface area contributed by atoms with Gasteiger partial charge in [-0.2, -0.15) is 0 Å². The van der Waals surface area contributed by atoms with Crippen LogP contribution < -0.4 is 0 Å². The summed E-state index contributed by atoms with van der Waals surface area (Å²) in [5, 5.41) is 15.2. The smallest absolute Gasteiger partial charge is 0.129 e. The third kappa shape index (κ3) is 11.0. The molecule has 0 aromatic rings. The van der Waals surface area contributed by atoms with Gasteiger partial charge in [0.05, 0.1) is 13.2 Å². The minimum absolute atomic E-state index is 0.125. The molecule has 148 valence electrons. The van der Waals surface area contributed by atoms with E-state index in [1.54, 1.807) is 6.92 Å². The summed E-state index contributed by atoms with van der Waals surface area (Å²) in [5.41, 5.74) is 0. The summed E-state index contributed by atoms with van der Waals surface area (Å²) < 4.78 is 0. The van der Waals surface area contributed by atoms with E-state index in [0.717, 1.165) is 31.3 Å². The number of likely N-dealkylation sites (tertiary alicyclic amines) is 1. The molecule has 1 unspecified atom stereocenters. The minimum atomic E-state index is -0.125. The van der Waals surface area contributed by atoms with Crippen LogP contribution in [0.15, 0.2) is 0 Å². The molecule has 1 atom stereocenters. The Balaban J connectivity index is 0.000000705. The molecule has 1 aliphatic heterocycles. The molecule has 2 aliphatic rings. The van der Waals surface area contributed by atoms with E-state index in [9.17, 15) is 4.79 Å². The van der Waals surface area contributed by atoms with Crippen molar-refractivity contribution in [2.75, 3.05) is 26.3 Å². The summed E-state index contributed by atoms with van der Waals surface area (Å²) in [6.07, 6.45) is 17.7. The number of carbonyl (C=O) groups excluding carboxylic acids is 1. The van der Waals surface area contributed by atoms with Gasteiger partial charge in [0.25, 0.3) is 0 Å². The number of hydrogen-bond acceptors (Lipinski definition) is 4. The molecule has 0 aromatic heterocycles. The largest absolute Gasteiger partial charge is 0.394 e. The van der Waals surface area contributed by atoms with Gasteiger partial charge in [0.1, 0.15) is 5.78 Å². The zero-order chi connectivity index (χ0) is 18.3. The second-order valence-corrected chi connectivity index (χ2v) is 7.87. The number of Topliss-reactive ketones (excluding diaryl/α,β-unsaturated/α-hetero) is 1. The topological polar surface area (TPSA) is 60.8 Å². The molecule has 0 spiro atoms. The lowest BCUT2D eigenvalue weighted by Crippen LogP contribution is -2.40. The van der Waals surface area contributed by atoms with Crippen LogP contribution in [0.2, 0.25) is 0 Å². The van der Waals surface area contributed by atoms with Crippen molar-refractivity contribution in [3.8, 4) is 0 Å². The Labute approximate surface area is 155 Å². The Bertz CT molecular complexity index is 327. The second-order valence-electron chi connectivity index (χ2n) is 7.87. The second kappa shape index (κ2) is 14.7. The van der Waals surface area contributed by atoms with E-state index in [4.69, 9.17) is 10.2 Å². The lowest BCUT2D eigenvalue weighted by molar-refractivity contribution is -0.117. The van der Waals surface area contributed by atoms with Crippen molar-refractivity contribution in [2.24, 2.45) is 5.92 Å². The maximum absolute atomic E-state index is 11.1. The monoisotopic (exact) mass is 355 g/mol. The van der Waals surface area contributed by atoms with Crippen molar-refractivity contribution in [1.29, 1.82) is 0 Å². The molecule has 1 heterocycles. The molecule has 25 heavy (non-hydrogen) atoms. The van der Waals surface area contributed by atoms with E-state index in [-0.39, 0.29) is 13.2 Å². The van der Waals surface area contributed by atoms with Gasteiger partial charge in [0, 0.05) is 12.5 Å². The average molecular weight is 356 g/mol. The van der Waals surface area contributed by atoms with Crippen LogP contribution in [0, 0.1) is 5.92 Å². The van der Waals surface area contributed by atoms with E-state index in [0.29, 0.717) is 5.78 Å². The van der Waals surface area contributed by atoms with Gasteiger partial charge in [-0.25, -0.2) is 0 Å². The summed E-state index contributed by atoms with van der Waals surface area (Å²) in [5.74, 6) is 1.38. The molecular weight excluding hydrogens is 314 g/mol. The van der Waals surface area contributed by atoms with Gasteiger partial charge in [0.15, 0.2) is 0 Å². The summed E-state index contributed by atoms with van der Waals surface area (Å²) in [6.45, 7) is 3.89. The van der Waals surface area contributed by atoms with E-state index in [2.05, 4.69) is 4.90 Å². The van der Waals surface area contributed by atoms with E-state index in [1.165, 1.54) is 77.2 Å². The lowest BCUT2D eigenvalue weighted by atomic mass is 9.85. The fourth-order valence-electron chi connectivity index (χ4n) is 4.33. The number of aliphatic hydroxyl groups excluding tert-OH is 2. The van der Waals surface area contributed by atoms with Gasteiger partial charge in [-0.15, -0.1) is 0 Å². The number of piperidine rings is 1. The van der Waals surface area contributed by atoms with E-state index < -0.39 is 0 Å². The van der Waals surface area contributed by atoms with Crippen LogP contribution in [-0.2, 0) is 4.79 Å². The summed E-state index contributed by atoms with van der Waals surface area (Å²) in [4.78, 5) is 13.8. The van der Waals surface area contributed by atoms with Crippen molar-refractivity contribution in [2.45, 2.75) is 96.4 Å². The Kier molecular flexibility index (Phi) is 13.3. The Morgan fingerprint density at radius 3 is 2.24 bits per heavy atom. The van der Waals surface area contributed by atoms with Crippen LogP contribution in [0.3, 0.4) is 0 Å². The minimum Gasteiger partial charge on any atom is -0.394 e. The third-order valence-electron chi connectivity index (χ3n) is 5.70. The first-order valence-electron chi connectivity index (χ1n) is 10.6. The maximum Gasteiger partial charge on any atom is 0.129 e. The number of ketones is 1. The van der Waals surface area contributed by atoms with E-state index >= 15 is 0 Å². The van der Waals surface area contributed by atoms with Crippen LogP contribution in [0.5, 0.6) is 0 Å². The predicted molar refractivity (Wildman–Crippen MR) is 104 cm³/mol. The average Bonchev–Trinajstić information content (AvgIpc) is 2.64. The number of rotatable bonds is 9. The summed E-state index contributed by atoms with van der Waals surface area (Å²) in [6, 6.07) is 0.814. The first kappa shape index (κ1) is 22.6. The molecule has 0 radical (unpaired) electrons. The van der Waals surface area contributed by atoms with Gasteiger partial charge < -0.3 is 19.9 Å².